The standard InChI is InChI=1S/C21H23FN6O3S/c1-2-23-19(30)13-4-3-9-27(10-13)21-26-18-17(32-21)20(31)28(12-24-18)11-16(29)25-15-7-5-14(22)6-8-15/h5-8,12-13H,2-4,9-11H2,1H3,(H,23,30)(H,25,29)/t13-/m0/s1. The molecule has 0 aliphatic carbocycles. The van der Waals surface area contributed by atoms with Crippen LogP contribution in [0.3, 0.4) is 0 Å². The second kappa shape index (κ2) is 9.43. The Morgan fingerprint density at radius 3 is 2.81 bits per heavy atom. The highest BCUT2D eigenvalue weighted by Crippen LogP contribution is 2.29. The molecule has 2 amide bonds. The lowest BCUT2D eigenvalue weighted by Gasteiger charge is -2.31. The number of nitrogens with one attached hydrogen (secondary N) is 2. The zero-order valence-corrected chi connectivity index (χ0v) is 18.3. The second-order valence-electron chi connectivity index (χ2n) is 7.56. The molecular weight excluding hydrogens is 435 g/mol. The molecule has 0 unspecified atom stereocenters. The van der Waals surface area contributed by atoms with Crippen molar-refractivity contribution in [3.8, 4) is 0 Å². The number of aromatic nitrogens is 3. The minimum absolute atomic E-state index is 0.0333. The fraction of sp³-hybridized carbons (Fsp3) is 0.381. The predicted molar refractivity (Wildman–Crippen MR) is 120 cm³/mol. The summed E-state index contributed by atoms with van der Waals surface area (Å²) >= 11 is 1.22. The number of carbonyl (C=O) groups excluding carboxylic acids is 2. The van der Waals surface area contributed by atoms with E-state index in [1.165, 1.54) is 46.5 Å². The van der Waals surface area contributed by atoms with Crippen LogP contribution in [0.15, 0.2) is 35.4 Å². The van der Waals surface area contributed by atoms with Crippen LogP contribution < -0.4 is 21.1 Å². The molecule has 3 heterocycles. The van der Waals surface area contributed by atoms with Crippen LogP contribution in [0.2, 0.25) is 0 Å². The average molecular weight is 459 g/mol. The molecule has 1 aliphatic rings. The zero-order chi connectivity index (χ0) is 22.7. The number of rotatable bonds is 6. The minimum Gasteiger partial charge on any atom is -0.356 e. The first-order valence-corrected chi connectivity index (χ1v) is 11.2. The van der Waals surface area contributed by atoms with Crippen LogP contribution in [0.1, 0.15) is 19.8 Å². The maximum atomic E-state index is 13.0. The summed E-state index contributed by atoms with van der Waals surface area (Å²) in [5, 5.41) is 6.13. The van der Waals surface area contributed by atoms with Gasteiger partial charge in [-0.2, -0.15) is 4.98 Å². The number of nitrogens with zero attached hydrogens (tertiary/aromatic N) is 4. The Kier molecular flexibility index (Phi) is 6.45. The molecule has 4 rings (SSSR count). The predicted octanol–water partition coefficient (Wildman–Crippen LogP) is 1.98. The smallest absolute Gasteiger partial charge is 0.273 e. The summed E-state index contributed by atoms with van der Waals surface area (Å²) in [5.41, 5.74) is 0.404. The SMILES string of the molecule is CCNC(=O)[C@H]1CCCN(c2nc3ncn(CC(=O)Nc4ccc(F)cc4)c(=O)c3s2)C1. The van der Waals surface area contributed by atoms with Crippen LogP contribution in [0, 0.1) is 11.7 Å². The van der Waals surface area contributed by atoms with Crippen molar-refractivity contribution in [1.82, 2.24) is 19.9 Å². The molecule has 1 fully saturated rings. The Morgan fingerprint density at radius 2 is 2.06 bits per heavy atom. The van der Waals surface area contributed by atoms with Gasteiger partial charge in [0.15, 0.2) is 10.8 Å². The Hall–Kier alpha value is -3.34. The minimum atomic E-state index is -0.426. The number of hydrogen-bond donors (Lipinski definition) is 2. The highest BCUT2D eigenvalue weighted by atomic mass is 32.1. The molecule has 11 heteroatoms. The average Bonchev–Trinajstić information content (AvgIpc) is 3.23. The van der Waals surface area contributed by atoms with Gasteiger partial charge in [0.1, 0.15) is 23.4 Å². The van der Waals surface area contributed by atoms with Crippen molar-refractivity contribution in [1.29, 1.82) is 0 Å². The maximum Gasteiger partial charge on any atom is 0.273 e. The molecule has 3 aromatic rings. The van der Waals surface area contributed by atoms with Gasteiger partial charge in [0.05, 0.1) is 5.92 Å². The largest absolute Gasteiger partial charge is 0.356 e. The molecular formula is C21H23FN6O3S. The lowest BCUT2D eigenvalue weighted by atomic mass is 9.97. The number of amides is 2. The summed E-state index contributed by atoms with van der Waals surface area (Å²) in [6, 6.07) is 5.37. The topological polar surface area (TPSA) is 109 Å². The highest BCUT2D eigenvalue weighted by Gasteiger charge is 2.27. The van der Waals surface area contributed by atoms with Crippen LogP contribution in [-0.4, -0.2) is 46.0 Å². The quantitative estimate of drug-likeness (QED) is 0.585. The molecule has 0 radical (unpaired) electrons. The monoisotopic (exact) mass is 458 g/mol. The van der Waals surface area contributed by atoms with Crippen molar-refractivity contribution in [2.45, 2.75) is 26.3 Å². The van der Waals surface area contributed by atoms with Crippen LogP contribution in [0.25, 0.3) is 10.3 Å². The van der Waals surface area contributed by atoms with Gasteiger partial charge < -0.3 is 15.5 Å². The molecule has 1 aromatic carbocycles. The Labute approximate surface area is 187 Å². The summed E-state index contributed by atoms with van der Waals surface area (Å²) < 4.78 is 14.6. The van der Waals surface area contributed by atoms with E-state index >= 15 is 0 Å². The third kappa shape index (κ3) is 4.77. The lowest BCUT2D eigenvalue weighted by Crippen LogP contribution is -2.43. The molecule has 1 aliphatic heterocycles. The number of carbonyl (C=O) groups is 2. The Balaban J connectivity index is 1.49. The van der Waals surface area contributed by atoms with E-state index in [0.717, 1.165) is 19.4 Å². The van der Waals surface area contributed by atoms with Crippen molar-refractivity contribution >= 4 is 44.3 Å². The van der Waals surface area contributed by atoms with Crippen molar-refractivity contribution in [2.75, 3.05) is 29.9 Å². The summed E-state index contributed by atoms with van der Waals surface area (Å²) in [7, 11) is 0. The molecule has 1 atom stereocenters. The van der Waals surface area contributed by atoms with Gasteiger partial charge in [-0.15, -0.1) is 0 Å². The number of benzene rings is 1. The molecule has 9 nitrogen and oxygen atoms in total. The third-order valence-electron chi connectivity index (χ3n) is 5.23. The first kappa shape index (κ1) is 21.9. The number of thiazole rings is 1. The third-order valence-corrected chi connectivity index (χ3v) is 6.32. The number of fused-ring (bicyclic) bond motifs is 1. The normalized spacial score (nSPS) is 16.2. The van der Waals surface area contributed by atoms with Crippen molar-refractivity contribution in [2.24, 2.45) is 5.92 Å². The van der Waals surface area contributed by atoms with Gasteiger partial charge in [0, 0.05) is 25.3 Å². The van der Waals surface area contributed by atoms with E-state index in [0.29, 0.717) is 34.3 Å². The first-order valence-electron chi connectivity index (χ1n) is 10.4. The van der Waals surface area contributed by atoms with E-state index in [4.69, 9.17) is 0 Å². The van der Waals surface area contributed by atoms with Gasteiger partial charge in [0.2, 0.25) is 11.8 Å². The van der Waals surface area contributed by atoms with E-state index < -0.39 is 11.7 Å². The van der Waals surface area contributed by atoms with Gasteiger partial charge in [0.25, 0.3) is 5.56 Å². The van der Waals surface area contributed by atoms with E-state index in [-0.39, 0.29) is 23.9 Å². The lowest BCUT2D eigenvalue weighted by molar-refractivity contribution is -0.125. The maximum absolute atomic E-state index is 13.0. The fourth-order valence-electron chi connectivity index (χ4n) is 3.65. The highest BCUT2D eigenvalue weighted by molar-refractivity contribution is 7.22. The number of anilines is 2. The second-order valence-corrected chi connectivity index (χ2v) is 8.54. The summed E-state index contributed by atoms with van der Waals surface area (Å²) in [6.45, 7) is 3.55. The van der Waals surface area contributed by atoms with E-state index in [9.17, 15) is 18.8 Å². The van der Waals surface area contributed by atoms with Gasteiger partial charge >= 0.3 is 0 Å². The van der Waals surface area contributed by atoms with Gasteiger partial charge in [-0.1, -0.05) is 11.3 Å². The van der Waals surface area contributed by atoms with E-state index in [1.54, 1.807) is 0 Å². The zero-order valence-electron chi connectivity index (χ0n) is 17.5. The molecule has 32 heavy (non-hydrogen) atoms. The summed E-state index contributed by atoms with van der Waals surface area (Å²) in [6.07, 6.45) is 2.98. The van der Waals surface area contributed by atoms with Gasteiger partial charge in [-0.25, -0.2) is 9.37 Å². The molecule has 0 spiro atoms. The molecule has 2 N–H and O–H groups in total. The van der Waals surface area contributed by atoms with Crippen LogP contribution in [-0.2, 0) is 16.1 Å². The molecule has 0 bridgehead atoms. The Morgan fingerprint density at radius 1 is 1.28 bits per heavy atom. The number of halogens is 1. The molecule has 2 aromatic heterocycles. The van der Waals surface area contributed by atoms with Crippen molar-refractivity contribution in [3.63, 3.8) is 0 Å². The van der Waals surface area contributed by atoms with Crippen molar-refractivity contribution < 1.29 is 14.0 Å². The van der Waals surface area contributed by atoms with E-state index in [2.05, 4.69) is 20.6 Å². The fourth-order valence-corrected chi connectivity index (χ4v) is 4.66. The Bertz CT molecular complexity index is 1190. The summed E-state index contributed by atoms with van der Waals surface area (Å²) in [4.78, 5) is 48.2. The number of hydrogen-bond acceptors (Lipinski definition) is 7. The summed E-state index contributed by atoms with van der Waals surface area (Å²) in [5.74, 6) is -0.910. The van der Waals surface area contributed by atoms with E-state index in [1.807, 2.05) is 11.8 Å². The van der Waals surface area contributed by atoms with Gasteiger partial charge in [-0.3, -0.25) is 19.0 Å². The van der Waals surface area contributed by atoms with Crippen LogP contribution >= 0.6 is 11.3 Å². The number of piperidine rings is 1. The van der Waals surface area contributed by atoms with Crippen LogP contribution in [0.5, 0.6) is 0 Å². The molecule has 168 valence electrons. The molecule has 0 saturated carbocycles. The van der Waals surface area contributed by atoms with Crippen molar-refractivity contribution in [3.05, 3.63) is 46.8 Å². The van der Waals surface area contributed by atoms with Gasteiger partial charge in [-0.05, 0) is 44.0 Å². The van der Waals surface area contributed by atoms with Crippen LogP contribution in [0.4, 0.5) is 15.2 Å². The molecule has 1 saturated heterocycles. The first-order chi connectivity index (χ1) is 15.4.